The summed E-state index contributed by atoms with van der Waals surface area (Å²) >= 11 is 0. The summed E-state index contributed by atoms with van der Waals surface area (Å²) in [5.41, 5.74) is 1.96. The third-order valence-electron chi connectivity index (χ3n) is 3.77. The van der Waals surface area contributed by atoms with Crippen LogP contribution in [0.1, 0.15) is 26.7 Å². The minimum Gasteiger partial charge on any atom is -0.378 e. The lowest BCUT2D eigenvalue weighted by molar-refractivity contribution is 0.123. The van der Waals surface area contributed by atoms with E-state index in [9.17, 15) is 4.79 Å². The van der Waals surface area contributed by atoms with Crippen LogP contribution in [0.5, 0.6) is 0 Å². The van der Waals surface area contributed by atoms with Crippen LogP contribution in [-0.4, -0.2) is 50.3 Å². The van der Waals surface area contributed by atoms with Gasteiger partial charge in [0, 0.05) is 26.2 Å². The Morgan fingerprint density at radius 2 is 1.82 bits per heavy atom. The second-order valence-corrected chi connectivity index (χ2v) is 5.53. The number of benzene rings is 1. The normalized spacial score (nSPS) is 14.7. The first-order chi connectivity index (χ1) is 10.8. The standard InChI is InChI=1S/C17H27N3O2/c1-3-9-20(10-4-2)17(21)18-15-7-5-6-8-16(15)19-11-13-22-14-12-19/h5-8H,3-4,9-14H2,1-2H3,(H,18,21). The third kappa shape index (κ3) is 4.37. The highest BCUT2D eigenvalue weighted by Gasteiger charge is 2.17. The van der Waals surface area contributed by atoms with Gasteiger partial charge in [0.2, 0.25) is 0 Å². The maximum Gasteiger partial charge on any atom is 0.321 e. The number of ether oxygens (including phenoxy) is 1. The zero-order chi connectivity index (χ0) is 15.8. The van der Waals surface area contributed by atoms with Crippen molar-refractivity contribution in [3.63, 3.8) is 0 Å². The van der Waals surface area contributed by atoms with Crippen LogP contribution in [0, 0.1) is 0 Å². The van der Waals surface area contributed by atoms with Gasteiger partial charge in [-0.1, -0.05) is 26.0 Å². The molecule has 0 radical (unpaired) electrons. The van der Waals surface area contributed by atoms with Crippen molar-refractivity contribution in [3.8, 4) is 0 Å². The van der Waals surface area contributed by atoms with Crippen molar-refractivity contribution in [1.29, 1.82) is 0 Å². The van der Waals surface area contributed by atoms with Gasteiger partial charge in [0.25, 0.3) is 0 Å². The van der Waals surface area contributed by atoms with E-state index < -0.39 is 0 Å². The lowest BCUT2D eigenvalue weighted by Gasteiger charge is -2.31. The van der Waals surface area contributed by atoms with Gasteiger partial charge in [0.15, 0.2) is 0 Å². The van der Waals surface area contributed by atoms with Crippen molar-refractivity contribution in [1.82, 2.24) is 4.90 Å². The summed E-state index contributed by atoms with van der Waals surface area (Å²) in [6, 6.07) is 7.99. The van der Waals surface area contributed by atoms with Crippen LogP contribution in [-0.2, 0) is 4.74 Å². The topological polar surface area (TPSA) is 44.8 Å². The number of nitrogens with one attached hydrogen (secondary N) is 1. The number of hydrogen-bond donors (Lipinski definition) is 1. The highest BCUT2D eigenvalue weighted by molar-refractivity contribution is 5.93. The van der Waals surface area contributed by atoms with E-state index in [4.69, 9.17) is 4.74 Å². The Hall–Kier alpha value is -1.75. The zero-order valence-electron chi connectivity index (χ0n) is 13.7. The molecule has 1 aromatic carbocycles. The molecule has 0 bridgehead atoms. The molecule has 2 rings (SSSR count). The molecule has 0 aliphatic carbocycles. The Morgan fingerprint density at radius 1 is 1.18 bits per heavy atom. The van der Waals surface area contributed by atoms with Crippen LogP contribution in [0.2, 0.25) is 0 Å². The summed E-state index contributed by atoms with van der Waals surface area (Å²) in [6.07, 6.45) is 1.94. The summed E-state index contributed by atoms with van der Waals surface area (Å²) < 4.78 is 5.41. The molecule has 22 heavy (non-hydrogen) atoms. The van der Waals surface area contributed by atoms with E-state index in [0.29, 0.717) is 0 Å². The molecule has 0 atom stereocenters. The van der Waals surface area contributed by atoms with Gasteiger partial charge in [0.1, 0.15) is 0 Å². The predicted octanol–water partition coefficient (Wildman–Crippen LogP) is 3.18. The average molecular weight is 305 g/mol. The maximum absolute atomic E-state index is 12.5. The molecule has 5 heteroatoms. The van der Waals surface area contributed by atoms with Gasteiger partial charge < -0.3 is 19.9 Å². The van der Waals surface area contributed by atoms with Crippen molar-refractivity contribution < 1.29 is 9.53 Å². The van der Waals surface area contributed by atoms with E-state index >= 15 is 0 Å². The number of hydrogen-bond acceptors (Lipinski definition) is 3. The third-order valence-corrected chi connectivity index (χ3v) is 3.77. The number of morpholine rings is 1. The first-order valence-electron chi connectivity index (χ1n) is 8.24. The van der Waals surface area contributed by atoms with Crippen LogP contribution < -0.4 is 10.2 Å². The number of carbonyl (C=O) groups excluding carboxylic acids is 1. The second kappa shape index (κ2) is 8.63. The van der Waals surface area contributed by atoms with E-state index in [1.165, 1.54) is 0 Å². The highest BCUT2D eigenvalue weighted by atomic mass is 16.5. The molecule has 1 fully saturated rings. The summed E-state index contributed by atoms with van der Waals surface area (Å²) in [7, 11) is 0. The molecular formula is C17H27N3O2. The van der Waals surface area contributed by atoms with Gasteiger partial charge in [-0.2, -0.15) is 0 Å². The summed E-state index contributed by atoms with van der Waals surface area (Å²) in [6.45, 7) is 8.97. The molecule has 2 amide bonds. The van der Waals surface area contributed by atoms with Crippen LogP contribution in [0.25, 0.3) is 0 Å². The maximum atomic E-state index is 12.5. The summed E-state index contributed by atoms with van der Waals surface area (Å²) in [4.78, 5) is 16.7. The molecule has 1 N–H and O–H groups in total. The molecule has 122 valence electrons. The predicted molar refractivity (Wildman–Crippen MR) is 90.6 cm³/mol. The molecule has 5 nitrogen and oxygen atoms in total. The fourth-order valence-electron chi connectivity index (χ4n) is 2.71. The van der Waals surface area contributed by atoms with Crippen molar-refractivity contribution in [2.75, 3.05) is 49.6 Å². The Morgan fingerprint density at radius 3 is 2.45 bits per heavy atom. The molecule has 1 aliphatic heterocycles. The number of para-hydroxylation sites is 2. The van der Waals surface area contributed by atoms with Gasteiger partial charge in [0.05, 0.1) is 24.6 Å². The summed E-state index contributed by atoms with van der Waals surface area (Å²) in [5.74, 6) is 0. The highest BCUT2D eigenvalue weighted by Crippen LogP contribution is 2.26. The van der Waals surface area contributed by atoms with Crippen LogP contribution in [0.4, 0.5) is 16.2 Å². The van der Waals surface area contributed by atoms with Gasteiger partial charge >= 0.3 is 6.03 Å². The number of urea groups is 1. The monoisotopic (exact) mass is 305 g/mol. The lowest BCUT2D eigenvalue weighted by Crippen LogP contribution is -2.38. The van der Waals surface area contributed by atoms with Crippen molar-refractivity contribution >= 4 is 17.4 Å². The molecule has 0 aromatic heterocycles. The van der Waals surface area contributed by atoms with E-state index in [0.717, 1.165) is 63.6 Å². The Balaban J connectivity index is 2.09. The molecule has 1 saturated heterocycles. The Kier molecular flexibility index (Phi) is 6.52. The van der Waals surface area contributed by atoms with Gasteiger partial charge in [-0.3, -0.25) is 0 Å². The molecule has 1 aliphatic rings. The quantitative estimate of drug-likeness (QED) is 0.878. The van der Waals surface area contributed by atoms with E-state index in [1.807, 2.05) is 23.1 Å². The molecule has 0 saturated carbocycles. The Bertz CT molecular complexity index is 467. The molecular weight excluding hydrogens is 278 g/mol. The molecule has 0 unspecified atom stereocenters. The minimum absolute atomic E-state index is 0.00981. The number of anilines is 2. The fraction of sp³-hybridized carbons (Fsp3) is 0.588. The lowest BCUT2D eigenvalue weighted by atomic mass is 10.2. The smallest absolute Gasteiger partial charge is 0.321 e. The minimum atomic E-state index is -0.00981. The molecule has 0 spiro atoms. The number of amides is 2. The molecule has 1 aromatic rings. The van der Waals surface area contributed by atoms with Crippen LogP contribution in [0.3, 0.4) is 0 Å². The van der Waals surface area contributed by atoms with Crippen molar-refractivity contribution in [2.45, 2.75) is 26.7 Å². The SMILES string of the molecule is CCCN(CCC)C(=O)Nc1ccccc1N1CCOCC1. The van der Waals surface area contributed by atoms with Crippen LogP contribution in [0.15, 0.2) is 24.3 Å². The van der Waals surface area contributed by atoms with E-state index in [2.05, 4.69) is 30.1 Å². The van der Waals surface area contributed by atoms with Crippen LogP contribution >= 0.6 is 0 Å². The number of nitrogens with zero attached hydrogens (tertiary/aromatic N) is 2. The van der Waals surface area contributed by atoms with Gasteiger partial charge in [-0.05, 0) is 25.0 Å². The fourth-order valence-corrected chi connectivity index (χ4v) is 2.71. The summed E-state index contributed by atoms with van der Waals surface area (Å²) in [5, 5.41) is 3.08. The van der Waals surface area contributed by atoms with Gasteiger partial charge in [-0.25, -0.2) is 4.79 Å². The number of rotatable bonds is 6. The molecule has 1 heterocycles. The number of carbonyl (C=O) groups is 1. The van der Waals surface area contributed by atoms with Gasteiger partial charge in [-0.15, -0.1) is 0 Å². The Labute approximate surface area is 133 Å². The van der Waals surface area contributed by atoms with E-state index in [-0.39, 0.29) is 6.03 Å². The first kappa shape index (κ1) is 16.6. The van der Waals surface area contributed by atoms with Crippen molar-refractivity contribution in [2.24, 2.45) is 0 Å². The van der Waals surface area contributed by atoms with Crippen molar-refractivity contribution in [3.05, 3.63) is 24.3 Å². The van der Waals surface area contributed by atoms with E-state index in [1.54, 1.807) is 0 Å². The average Bonchev–Trinajstić information content (AvgIpc) is 2.56. The largest absolute Gasteiger partial charge is 0.378 e. The zero-order valence-corrected chi connectivity index (χ0v) is 13.7. The first-order valence-corrected chi connectivity index (χ1v) is 8.24. The second-order valence-electron chi connectivity index (χ2n) is 5.53.